The van der Waals surface area contributed by atoms with Gasteiger partial charge in [-0.2, -0.15) is 4.68 Å². The number of carbonyl (C=O) groups is 1. The lowest BCUT2D eigenvalue weighted by Gasteiger charge is -2.32. The molecule has 3 aromatic carbocycles. The SMILES string of the molecule is COc1cc2c(Oc3ccc(NC(=O)c4nn(-c5ccc(Cl)cc5Cl)c(=O)n4C)cc3F)ccnc2cc1OCCCN1CCN(C)CC1. The number of likely N-dealkylation sites (N-methyl/N-ethyl adjacent to an activating group) is 1. The summed E-state index contributed by atoms with van der Waals surface area (Å²) in [6, 6.07) is 13.6. The zero-order valence-electron chi connectivity index (χ0n) is 27.1. The van der Waals surface area contributed by atoms with Crippen LogP contribution in [0.15, 0.2) is 65.6 Å². The van der Waals surface area contributed by atoms with Crippen LogP contribution in [0.3, 0.4) is 0 Å². The molecule has 1 saturated heterocycles. The van der Waals surface area contributed by atoms with E-state index in [0.29, 0.717) is 39.8 Å². The number of fused-ring (bicyclic) bond motifs is 1. The molecule has 256 valence electrons. The lowest BCUT2D eigenvalue weighted by atomic mass is 10.1. The van der Waals surface area contributed by atoms with Gasteiger partial charge in [-0.15, -0.1) is 5.10 Å². The summed E-state index contributed by atoms with van der Waals surface area (Å²) >= 11 is 12.2. The number of nitrogens with zero attached hydrogens (tertiary/aromatic N) is 6. The van der Waals surface area contributed by atoms with Gasteiger partial charge in [0, 0.05) is 74.2 Å². The topological polar surface area (TPSA) is 116 Å². The number of aromatic nitrogens is 4. The van der Waals surface area contributed by atoms with Crippen molar-refractivity contribution in [2.24, 2.45) is 7.05 Å². The summed E-state index contributed by atoms with van der Waals surface area (Å²) in [5.74, 6) is -0.359. The molecule has 49 heavy (non-hydrogen) atoms. The quantitative estimate of drug-likeness (QED) is 0.174. The zero-order valence-corrected chi connectivity index (χ0v) is 28.6. The number of pyridine rings is 1. The van der Waals surface area contributed by atoms with Crippen LogP contribution in [0.25, 0.3) is 16.6 Å². The maximum atomic E-state index is 15.3. The van der Waals surface area contributed by atoms with Gasteiger partial charge in [0.05, 0.1) is 29.9 Å². The summed E-state index contributed by atoms with van der Waals surface area (Å²) in [5.41, 5.74) is 0.351. The molecule has 0 atom stereocenters. The molecule has 1 N–H and O–H groups in total. The Hall–Kier alpha value is -4.69. The number of hydrogen-bond acceptors (Lipinski definition) is 9. The summed E-state index contributed by atoms with van der Waals surface area (Å²) in [4.78, 5) is 35.1. The minimum atomic E-state index is -0.735. The van der Waals surface area contributed by atoms with E-state index in [1.54, 1.807) is 37.6 Å². The first kappa shape index (κ1) is 34.2. The highest BCUT2D eigenvalue weighted by atomic mass is 35.5. The highest BCUT2D eigenvalue weighted by Gasteiger charge is 2.21. The predicted octanol–water partition coefficient (Wildman–Crippen LogP) is 5.63. The van der Waals surface area contributed by atoms with Crippen molar-refractivity contribution in [3.05, 3.63) is 93.0 Å². The number of hydrogen-bond donors (Lipinski definition) is 1. The van der Waals surface area contributed by atoms with E-state index in [2.05, 4.69) is 32.2 Å². The van der Waals surface area contributed by atoms with E-state index in [9.17, 15) is 9.59 Å². The second-order valence-corrected chi connectivity index (χ2v) is 12.4. The van der Waals surface area contributed by atoms with Gasteiger partial charge < -0.3 is 29.3 Å². The molecule has 1 fully saturated rings. The molecule has 15 heteroatoms. The minimum absolute atomic E-state index is 0.0808. The maximum absolute atomic E-state index is 15.3. The molecule has 0 aliphatic carbocycles. The van der Waals surface area contributed by atoms with Gasteiger partial charge in [-0.1, -0.05) is 23.2 Å². The minimum Gasteiger partial charge on any atom is -0.493 e. The lowest BCUT2D eigenvalue weighted by molar-refractivity contribution is 0.101. The highest BCUT2D eigenvalue weighted by Crippen LogP contribution is 2.38. The second kappa shape index (κ2) is 14.8. The third-order valence-corrected chi connectivity index (χ3v) is 8.73. The number of nitrogens with one attached hydrogen (secondary N) is 1. The van der Waals surface area contributed by atoms with Gasteiger partial charge in [0.1, 0.15) is 5.75 Å². The molecule has 0 radical (unpaired) electrons. The van der Waals surface area contributed by atoms with E-state index < -0.39 is 17.4 Å². The lowest BCUT2D eigenvalue weighted by Crippen LogP contribution is -2.44. The van der Waals surface area contributed by atoms with Crippen LogP contribution >= 0.6 is 23.2 Å². The summed E-state index contributed by atoms with van der Waals surface area (Å²) < 4.78 is 35.0. The van der Waals surface area contributed by atoms with Crippen LogP contribution in [0.2, 0.25) is 10.0 Å². The molecular formula is C34H34Cl2FN7O5. The van der Waals surface area contributed by atoms with Crippen molar-refractivity contribution in [2.75, 3.05) is 58.8 Å². The summed E-state index contributed by atoms with van der Waals surface area (Å²) in [6.45, 7) is 5.72. The molecule has 1 amide bonds. The molecule has 3 heterocycles. The van der Waals surface area contributed by atoms with Crippen LogP contribution in [0.4, 0.5) is 10.1 Å². The molecular weight excluding hydrogens is 676 g/mol. The van der Waals surface area contributed by atoms with E-state index in [-0.39, 0.29) is 28.0 Å². The number of rotatable bonds is 11. The first-order chi connectivity index (χ1) is 23.6. The fourth-order valence-corrected chi connectivity index (χ4v) is 5.93. The Balaban J connectivity index is 1.14. The zero-order chi connectivity index (χ0) is 34.7. The monoisotopic (exact) mass is 709 g/mol. The van der Waals surface area contributed by atoms with Crippen molar-refractivity contribution in [3.8, 4) is 28.7 Å². The van der Waals surface area contributed by atoms with Crippen molar-refractivity contribution in [2.45, 2.75) is 6.42 Å². The Bertz CT molecular complexity index is 2060. The molecule has 6 rings (SSSR count). The van der Waals surface area contributed by atoms with Crippen LogP contribution in [0.1, 0.15) is 17.0 Å². The van der Waals surface area contributed by atoms with Crippen LogP contribution in [0.5, 0.6) is 23.0 Å². The van der Waals surface area contributed by atoms with Gasteiger partial charge >= 0.3 is 5.69 Å². The average Bonchev–Trinajstić information content (AvgIpc) is 3.38. The largest absolute Gasteiger partial charge is 0.493 e. The van der Waals surface area contributed by atoms with E-state index in [0.717, 1.165) is 54.5 Å². The fourth-order valence-electron chi connectivity index (χ4n) is 5.44. The average molecular weight is 711 g/mol. The fraction of sp³-hybridized carbons (Fsp3) is 0.294. The summed E-state index contributed by atoms with van der Waals surface area (Å²) in [7, 11) is 5.08. The van der Waals surface area contributed by atoms with Crippen molar-refractivity contribution in [1.82, 2.24) is 29.1 Å². The Morgan fingerprint density at radius 3 is 2.49 bits per heavy atom. The number of ether oxygens (including phenoxy) is 3. The second-order valence-electron chi connectivity index (χ2n) is 11.6. The Morgan fingerprint density at radius 2 is 1.76 bits per heavy atom. The van der Waals surface area contributed by atoms with Crippen LogP contribution in [-0.4, -0.2) is 88.5 Å². The molecule has 12 nitrogen and oxygen atoms in total. The van der Waals surface area contributed by atoms with E-state index in [1.807, 2.05) is 0 Å². The first-order valence-electron chi connectivity index (χ1n) is 15.5. The van der Waals surface area contributed by atoms with Gasteiger partial charge in [-0.3, -0.25) is 14.3 Å². The molecule has 0 bridgehead atoms. The standard InChI is InChI=1S/C34H34Cl2FN7O5/c1-41-12-14-43(15-13-41)11-4-16-48-31-20-26-23(19-30(31)47-3)28(9-10-38-26)49-29-8-6-22(18-25(29)37)39-33(45)32-40-44(34(46)42(32)2)27-7-5-21(35)17-24(27)36/h5-10,17-20H,4,11-16H2,1-3H3,(H,39,45). The number of amides is 1. The molecule has 0 unspecified atom stereocenters. The van der Waals surface area contributed by atoms with E-state index in [1.165, 1.54) is 31.3 Å². The highest BCUT2D eigenvalue weighted by molar-refractivity contribution is 6.35. The van der Waals surface area contributed by atoms with Gasteiger partial charge in [0.15, 0.2) is 23.1 Å². The predicted molar refractivity (Wildman–Crippen MR) is 186 cm³/mol. The number of carbonyl (C=O) groups excluding carboxylic acids is 1. The van der Waals surface area contributed by atoms with Crippen molar-refractivity contribution in [1.29, 1.82) is 0 Å². The third kappa shape index (κ3) is 7.65. The number of halogens is 3. The molecule has 0 spiro atoms. The van der Waals surface area contributed by atoms with Gasteiger partial charge in [-0.05, 0) is 55.9 Å². The first-order valence-corrected chi connectivity index (χ1v) is 16.3. The van der Waals surface area contributed by atoms with Crippen molar-refractivity contribution < 1.29 is 23.4 Å². The molecule has 0 saturated carbocycles. The Morgan fingerprint density at radius 1 is 0.959 bits per heavy atom. The molecule has 1 aliphatic heterocycles. The Kier molecular flexibility index (Phi) is 10.3. The van der Waals surface area contributed by atoms with Gasteiger partial charge in [-0.25, -0.2) is 9.18 Å². The van der Waals surface area contributed by atoms with E-state index in [4.69, 9.17) is 37.4 Å². The summed E-state index contributed by atoms with van der Waals surface area (Å²) in [5, 5.41) is 7.86. The van der Waals surface area contributed by atoms with Gasteiger partial charge in [0.2, 0.25) is 5.82 Å². The molecule has 1 aliphatic rings. The molecule has 5 aromatic rings. The normalized spacial score (nSPS) is 13.8. The molecule has 2 aromatic heterocycles. The van der Waals surface area contributed by atoms with Crippen molar-refractivity contribution >= 4 is 45.7 Å². The number of methoxy groups -OCH3 is 1. The number of piperazine rings is 1. The third-order valence-electron chi connectivity index (χ3n) is 8.19. The summed E-state index contributed by atoms with van der Waals surface area (Å²) in [6.07, 6.45) is 2.44. The number of benzene rings is 3. The maximum Gasteiger partial charge on any atom is 0.350 e. The van der Waals surface area contributed by atoms with Crippen LogP contribution in [-0.2, 0) is 7.05 Å². The Labute approximate surface area is 291 Å². The van der Waals surface area contributed by atoms with Crippen LogP contribution in [0, 0.1) is 5.82 Å². The van der Waals surface area contributed by atoms with Crippen molar-refractivity contribution in [3.63, 3.8) is 0 Å². The van der Waals surface area contributed by atoms with Gasteiger partial charge in [0.25, 0.3) is 5.91 Å². The van der Waals surface area contributed by atoms with E-state index >= 15 is 4.39 Å². The smallest absolute Gasteiger partial charge is 0.350 e. The number of anilines is 1. The van der Waals surface area contributed by atoms with Crippen LogP contribution < -0.4 is 25.2 Å².